The van der Waals surface area contributed by atoms with Gasteiger partial charge in [0.05, 0.1) is 38.0 Å². The number of Topliss-reactive ketones (excluding diaryl/α,β-unsaturated/α-hetero) is 6. The van der Waals surface area contributed by atoms with Gasteiger partial charge >= 0.3 is 0 Å². The second kappa shape index (κ2) is 42.8. The van der Waals surface area contributed by atoms with Gasteiger partial charge in [0, 0.05) is 45.0 Å². The molecule has 0 radical (unpaired) electrons. The van der Waals surface area contributed by atoms with E-state index in [0.717, 1.165) is 6.07 Å². The molecule has 10 rings (SSSR count). The fourth-order valence-corrected chi connectivity index (χ4v) is 8.07. The first-order valence-electron chi connectivity index (χ1n) is 30.1. The lowest BCUT2D eigenvalue weighted by Gasteiger charge is -2.09. The van der Waals surface area contributed by atoms with Crippen molar-refractivity contribution in [2.75, 3.05) is 21.3 Å². The number of rotatable bonds is 17. The summed E-state index contributed by atoms with van der Waals surface area (Å²) in [5, 5.41) is 73.1. The van der Waals surface area contributed by atoms with Crippen molar-refractivity contribution >= 4 is 59.2 Å². The molecule has 0 aliphatic rings. The van der Waals surface area contributed by atoms with Crippen molar-refractivity contribution in [2.24, 2.45) is 0 Å². The van der Waals surface area contributed by atoms with Gasteiger partial charge in [0.15, 0.2) is 80.8 Å². The van der Waals surface area contributed by atoms with Gasteiger partial charge in [-0.25, -0.2) is 0 Å². The number of carbonyl (C=O) groups is 10. The van der Waals surface area contributed by atoms with Crippen LogP contribution in [-0.2, 0) is 9.59 Å². The van der Waals surface area contributed by atoms with Crippen molar-refractivity contribution in [1.29, 1.82) is 0 Å². The Morgan fingerprint density at radius 1 is 0.275 bits per heavy atom. The molecule has 0 aromatic heterocycles. The SMILES string of the molecule is CC(=O)c1ccc(O)c(O)c1.CC(=O)c1ccc(O)cc1O.CC(=O)c1ccc(OC=O)cc1.CC(=O)c1ccccc1OC=O.COc1cc(C(C)=O)cc(OC)c1O.COc1cc(C(C)=O)ccc1O.O=C(c1ccccc1)c1ccc(O)cc1.O=C(c1ccccc1)c1ccccc1O. The summed E-state index contributed by atoms with van der Waals surface area (Å²) in [6.45, 7) is 9.21. The van der Waals surface area contributed by atoms with E-state index in [9.17, 15) is 63.3 Å². The fraction of sp³-hybridized carbons (Fsp3) is 0.114. The highest BCUT2D eigenvalue weighted by Crippen LogP contribution is 2.37. The lowest BCUT2D eigenvalue weighted by Crippen LogP contribution is -2.00. The maximum atomic E-state index is 11.9. The van der Waals surface area contributed by atoms with Crippen LogP contribution in [0.25, 0.3) is 0 Å². The van der Waals surface area contributed by atoms with Gasteiger partial charge in [0.25, 0.3) is 12.9 Å². The summed E-state index contributed by atoms with van der Waals surface area (Å²) in [6.07, 6.45) is 0. The Kier molecular flexibility index (Phi) is 34.6. The molecule has 23 nitrogen and oxygen atoms in total. The van der Waals surface area contributed by atoms with Gasteiger partial charge in [-0.2, -0.15) is 0 Å². The van der Waals surface area contributed by atoms with Crippen LogP contribution in [-0.4, -0.2) is 121 Å². The predicted molar refractivity (Wildman–Crippen MR) is 378 cm³/mol. The van der Waals surface area contributed by atoms with E-state index in [1.54, 1.807) is 121 Å². The molecule has 0 saturated carbocycles. The lowest BCUT2D eigenvalue weighted by atomic mass is 10.0. The van der Waals surface area contributed by atoms with E-state index in [-0.39, 0.29) is 109 Å². The number of hydrogen-bond donors (Lipinski definition) is 8. The summed E-state index contributed by atoms with van der Waals surface area (Å²) in [4.78, 5) is 109. The molecule has 0 heterocycles. The molecule has 528 valence electrons. The fourth-order valence-electron chi connectivity index (χ4n) is 8.07. The Balaban J connectivity index is 0.000000304. The van der Waals surface area contributed by atoms with Crippen LogP contribution in [0.15, 0.2) is 224 Å². The number of phenolic OH excluding ortho intramolecular Hbond substituents is 8. The normalized spacial score (nSPS) is 9.54. The zero-order valence-corrected chi connectivity index (χ0v) is 56.7. The Hall–Kier alpha value is -13.7. The Morgan fingerprint density at radius 2 is 0.676 bits per heavy atom. The topological polar surface area (TPSA) is 379 Å². The average molecular weight is 1390 g/mol. The van der Waals surface area contributed by atoms with Crippen molar-refractivity contribution in [1.82, 2.24) is 0 Å². The highest BCUT2D eigenvalue weighted by Gasteiger charge is 2.15. The van der Waals surface area contributed by atoms with Gasteiger partial charge in [0.2, 0.25) is 5.75 Å². The zero-order chi connectivity index (χ0) is 76.0. The molecule has 0 fully saturated rings. The minimum Gasteiger partial charge on any atom is -0.508 e. The minimum atomic E-state index is -0.266. The van der Waals surface area contributed by atoms with Crippen molar-refractivity contribution in [3.05, 3.63) is 280 Å². The summed E-state index contributed by atoms with van der Waals surface area (Å²) in [5.74, 6) is 0.120. The van der Waals surface area contributed by atoms with Crippen molar-refractivity contribution in [3.63, 3.8) is 0 Å². The van der Waals surface area contributed by atoms with E-state index >= 15 is 0 Å². The summed E-state index contributed by atoms with van der Waals surface area (Å²) >= 11 is 0. The smallest absolute Gasteiger partial charge is 0.298 e. The van der Waals surface area contributed by atoms with Crippen molar-refractivity contribution in [2.45, 2.75) is 41.5 Å². The number of aromatic hydroxyl groups is 8. The zero-order valence-electron chi connectivity index (χ0n) is 56.7. The first-order valence-corrected chi connectivity index (χ1v) is 30.1. The van der Waals surface area contributed by atoms with E-state index in [1.165, 1.54) is 136 Å². The maximum absolute atomic E-state index is 11.9. The van der Waals surface area contributed by atoms with Crippen LogP contribution in [0.1, 0.15) is 136 Å². The lowest BCUT2D eigenvalue weighted by molar-refractivity contribution is -0.121. The largest absolute Gasteiger partial charge is 0.508 e. The van der Waals surface area contributed by atoms with E-state index in [4.69, 9.17) is 39.7 Å². The first kappa shape index (κ1) is 82.5. The highest BCUT2D eigenvalue weighted by atomic mass is 16.5. The van der Waals surface area contributed by atoms with E-state index in [2.05, 4.69) is 9.47 Å². The standard InChI is InChI=1S/2C13H10O2.C10H12O4.C9H10O3.2C9H8O3.2C8H8O3/c14-12-9-5-4-8-11(12)13(15)10-6-2-1-3-7-10;14-12-8-6-11(7-9-12)13(15)10-4-2-1-3-5-10;1-6(11)7-4-8(13-2)10(12)9(5-7)14-3;1-6(10)7-3-4-8(11)9(5-7)12-2;1-7(11)8-2-4-9(5-3-8)12-6-10;1-7(11)8-4-2-3-5-9(8)12-6-10;1-5(9)7-3-2-6(10)4-8(7)11;1-5(9)6-2-3-7(10)8(11)4-6/h2*1-9,14H;4-5,12H,1-3H3;3-5,11H,1-2H3;2*2-6H,1H3;2*2-4,10-11H,1H3. The summed E-state index contributed by atoms with van der Waals surface area (Å²) in [6, 6.07) is 59.1. The minimum absolute atomic E-state index is 0.00680. The van der Waals surface area contributed by atoms with Gasteiger partial charge in [-0.05, 0) is 175 Å². The number of para-hydroxylation sites is 2. The number of ether oxygens (including phenoxy) is 5. The molecule has 0 unspecified atom stereocenters. The van der Waals surface area contributed by atoms with Crippen LogP contribution < -0.4 is 23.7 Å². The molecule has 8 N–H and O–H groups in total. The molecule has 23 heteroatoms. The van der Waals surface area contributed by atoms with Gasteiger partial charge < -0.3 is 64.5 Å². The van der Waals surface area contributed by atoms with Crippen molar-refractivity contribution < 1.29 is 112 Å². The average Bonchev–Trinajstić information content (AvgIpc) is 0.846. The van der Waals surface area contributed by atoms with Crippen LogP contribution in [0.4, 0.5) is 0 Å². The van der Waals surface area contributed by atoms with Gasteiger partial charge in [-0.3, -0.25) is 47.9 Å². The maximum Gasteiger partial charge on any atom is 0.298 e. The molecule has 0 saturated heterocycles. The molecule has 0 amide bonds. The molecule has 0 atom stereocenters. The van der Waals surface area contributed by atoms with Crippen LogP contribution in [0, 0.1) is 0 Å². The van der Waals surface area contributed by atoms with Crippen LogP contribution in [0.3, 0.4) is 0 Å². The highest BCUT2D eigenvalue weighted by molar-refractivity contribution is 6.11. The first-order chi connectivity index (χ1) is 48.5. The number of carbonyl (C=O) groups excluding carboxylic acids is 10. The molecule has 0 aliphatic heterocycles. The van der Waals surface area contributed by atoms with E-state index in [1.807, 2.05) is 24.3 Å². The monoisotopic (exact) mass is 1390 g/mol. The van der Waals surface area contributed by atoms with Crippen LogP contribution in [0.2, 0.25) is 0 Å². The summed E-state index contributed by atoms with van der Waals surface area (Å²) in [5.41, 5.74) is 4.77. The predicted octanol–water partition coefficient (Wildman–Crippen LogP) is 13.9. The summed E-state index contributed by atoms with van der Waals surface area (Å²) in [7, 11) is 4.27. The molecule has 0 spiro atoms. The second-order valence-electron chi connectivity index (χ2n) is 20.8. The Labute approximate surface area is 586 Å². The third-order valence-corrected chi connectivity index (χ3v) is 13.5. The molecule has 10 aromatic rings. The van der Waals surface area contributed by atoms with Crippen LogP contribution in [0.5, 0.6) is 74.7 Å². The Morgan fingerprint density at radius 3 is 1.13 bits per heavy atom. The van der Waals surface area contributed by atoms with E-state index < -0.39 is 0 Å². The van der Waals surface area contributed by atoms with Crippen LogP contribution >= 0.6 is 0 Å². The number of methoxy groups -OCH3 is 3. The Bertz CT molecular complexity index is 4450. The molecule has 0 bridgehead atoms. The molecule has 0 aliphatic carbocycles. The van der Waals surface area contributed by atoms with Gasteiger partial charge in [-0.15, -0.1) is 0 Å². The van der Waals surface area contributed by atoms with Gasteiger partial charge in [-0.1, -0.05) is 84.9 Å². The van der Waals surface area contributed by atoms with Crippen molar-refractivity contribution in [3.8, 4) is 74.7 Å². The number of phenols is 8. The molecular formula is C79H74O23. The number of hydrogen-bond acceptors (Lipinski definition) is 23. The van der Waals surface area contributed by atoms with E-state index in [0.29, 0.717) is 80.3 Å². The third kappa shape index (κ3) is 27.4. The summed E-state index contributed by atoms with van der Waals surface area (Å²) < 4.78 is 23.8. The molecule has 102 heavy (non-hydrogen) atoms. The quantitative estimate of drug-likeness (QED) is 0.0238. The van der Waals surface area contributed by atoms with Gasteiger partial charge in [0.1, 0.15) is 34.5 Å². The number of benzene rings is 10. The number of ketones is 8. The third-order valence-electron chi connectivity index (χ3n) is 13.5. The molecule has 10 aromatic carbocycles. The second-order valence-corrected chi connectivity index (χ2v) is 20.8. The molecular weight excluding hydrogens is 1320 g/mol.